The highest BCUT2D eigenvalue weighted by Gasteiger charge is 2.04. The summed E-state index contributed by atoms with van der Waals surface area (Å²) in [6, 6.07) is 2.09. The molecule has 1 aromatic rings. The number of pyridine rings is 1. The highest BCUT2D eigenvalue weighted by atomic mass is 16.3. The number of aliphatic hydroxyl groups is 1. The van der Waals surface area contributed by atoms with Crippen LogP contribution < -0.4 is 11.1 Å². The van der Waals surface area contributed by atoms with E-state index in [1.807, 2.05) is 19.9 Å². The molecule has 0 amide bonds. The molecular formula is C10H17N3O. The summed E-state index contributed by atoms with van der Waals surface area (Å²) in [6.45, 7) is 4.15. The highest BCUT2D eigenvalue weighted by Crippen LogP contribution is 2.15. The van der Waals surface area contributed by atoms with Crippen molar-refractivity contribution in [2.45, 2.75) is 26.3 Å². The van der Waals surface area contributed by atoms with Crippen molar-refractivity contribution in [2.24, 2.45) is 0 Å². The Morgan fingerprint density at radius 1 is 1.64 bits per heavy atom. The summed E-state index contributed by atoms with van der Waals surface area (Å²) in [5.74, 6) is 0.833. The second-order valence-electron chi connectivity index (χ2n) is 3.49. The Morgan fingerprint density at radius 3 is 2.93 bits per heavy atom. The fourth-order valence-electron chi connectivity index (χ4n) is 1.25. The average Bonchev–Trinajstić information content (AvgIpc) is 2.10. The number of hydrogen-bond donors (Lipinski definition) is 3. The van der Waals surface area contributed by atoms with Crippen LogP contribution in [0.3, 0.4) is 0 Å². The van der Waals surface area contributed by atoms with Crippen LogP contribution in [0.25, 0.3) is 0 Å². The number of nitrogens with zero attached hydrogens (tertiary/aromatic N) is 1. The number of aryl methyl sites for hydroxylation is 1. The molecule has 0 aliphatic rings. The molecule has 0 aliphatic heterocycles. The van der Waals surface area contributed by atoms with Crippen molar-refractivity contribution >= 4 is 11.5 Å². The van der Waals surface area contributed by atoms with Crippen molar-refractivity contribution in [3.05, 3.63) is 17.8 Å². The molecule has 14 heavy (non-hydrogen) atoms. The zero-order chi connectivity index (χ0) is 10.6. The average molecular weight is 195 g/mol. The molecule has 78 valence electrons. The molecule has 1 rings (SSSR count). The third-order valence-electron chi connectivity index (χ3n) is 2.04. The lowest BCUT2D eigenvalue weighted by Crippen LogP contribution is -2.18. The molecule has 1 unspecified atom stereocenters. The summed E-state index contributed by atoms with van der Waals surface area (Å²) >= 11 is 0. The Hall–Kier alpha value is -1.29. The Kier molecular flexibility index (Phi) is 3.71. The summed E-state index contributed by atoms with van der Waals surface area (Å²) in [7, 11) is 0. The fraction of sp³-hybridized carbons (Fsp3) is 0.500. The third kappa shape index (κ3) is 2.88. The van der Waals surface area contributed by atoms with Gasteiger partial charge in [0.25, 0.3) is 0 Å². The van der Waals surface area contributed by atoms with Crippen LogP contribution in [0.4, 0.5) is 11.5 Å². The van der Waals surface area contributed by atoms with Gasteiger partial charge in [-0.3, -0.25) is 0 Å². The van der Waals surface area contributed by atoms with E-state index in [1.54, 1.807) is 6.20 Å². The van der Waals surface area contributed by atoms with Crippen LogP contribution in [0.15, 0.2) is 12.3 Å². The molecule has 0 fully saturated rings. The first-order chi connectivity index (χ1) is 6.63. The summed E-state index contributed by atoms with van der Waals surface area (Å²) in [4.78, 5) is 4.18. The molecular weight excluding hydrogens is 178 g/mol. The van der Waals surface area contributed by atoms with Crippen molar-refractivity contribution in [1.29, 1.82) is 0 Å². The summed E-state index contributed by atoms with van der Waals surface area (Å²) in [6.07, 6.45) is 2.34. The second kappa shape index (κ2) is 4.81. The predicted molar refractivity (Wildman–Crippen MR) is 58.2 cm³/mol. The minimum absolute atomic E-state index is 0.183. The first kappa shape index (κ1) is 10.8. The molecule has 0 saturated heterocycles. The maximum atomic E-state index is 8.75. The minimum Gasteiger partial charge on any atom is -0.397 e. The smallest absolute Gasteiger partial charge is 0.129 e. The second-order valence-corrected chi connectivity index (χ2v) is 3.49. The van der Waals surface area contributed by atoms with E-state index in [9.17, 15) is 0 Å². The lowest BCUT2D eigenvalue weighted by atomic mass is 10.2. The van der Waals surface area contributed by atoms with Gasteiger partial charge >= 0.3 is 0 Å². The van der Waals surface area contributed by atoms with E-state index >= 15 is 0 Å². The van der Waals surface area contributed by atoms with Gasteiger partial charge in [-0.05, 0) is 31.9 Å². The number of aromatic nitrogens is 1. The Morgan fingerprint density at radius 2 is 2.36 bits per heavy atom. The van der Waals surface area contributed by atoms with Crippen LogP contribution in [0.2, 0.25) is 0 Å². The summed E-state index contributed by atoms with van der Waals surface area (Å²) in [5.41, 5.74) is 7.28. The first-order valence-electron chi connectivity index (χ1n) is 4.73. The van der Waals surface area contributed by atoms with E-state index in [2.05, 4.69) is 10.3 Å². The molecule has 4 N–H and O–H groups in total. The van der Waals surface area contributed by atoms with Crippen LogP contribution >= 0.6 is 0 Å². The largest absolute Gasteiger partial charge is 0.397 e. The molecule has 0 aromatic carbocycles. The number of anilines is 2. The van der Waals surface area contributed by atoms with Crippen molar-refractivity contribution in [3.8, 4) is 0 Å². The first-order valence-corrected chi connectivity index (χ1v) is 4.73. The maximum Gasteiger partial charge on any atom is 0.129 e. The van der Waals surface area contributed by atoms with Gasteiger partial charge in [0, 0.05) is 12.6 Å². The van der Waals surface area contributed by atoms with Crippen molar-refractivity contribution in [1.82, 2.24) is 4.98 Å². The number of rotatable bonds is 4. The SMILES string of the molecule is Cc1cc(N)cnc1NC(C)CCO. The van der Waals surface area contributed by atoms with Crippen molar-refractivity contribution in [2.75, 3.05) is 17.7 Å². The Bertz CT molecular complexity index is 301. The standard InChI is InChI=1S/C10H17N3O/c1-7-5-9(11)6-12-10(7)13-8(2)3-4-14/h5-6,8,14H,3-4,11H2,1-2H3,(H,12,13). The third-order valence-corrected chi connectivity index (χ3v) is 2.04. The van der Waals surface area contributed by atoms with E-state index in [1.165, 1.54) is 0 Å². The Labute approximate surface area is 84.2 Å². The molecule has 1 atom stereocenters. The van der Waals surface area contributed by atoms with E-state index in [-0.39, 0.29) is 12.6 Å². The molecule has 0 saturated carbocycles. The fourth-order valence-corrected chi connectivity index (χ4v) is 1.25. The van der Waals surface area contributed by atoms with E-state index in [4.69, 9.17) is 10.8 Å². The van der Waals surface area contributed by atoms with Crippen LogP contribution in [0, 0.1) is 6.92 Å². The molecule has 0 bridgehead atoms. The number of nitrogen functional groups attached to an aromatic ring is 1. The maximum absolute atomic E-state index is 8.75. The topological polar surface area (TPSA) is 71.2 Å². The summed E-state index contributed by atoms with van der Waals surface area (Å²) < 4.78 is 0. The number of nitrogens with two attached hydrogens (primary N) is 1. The normalized spacial score (nSPS) is 12.5. The van der Waals surface area contributed by atoms with E-state index in [0.29, 0.717) is 12.1 Å². The van der Waals surface area contributed by atoms with Gasteiger partial charge in [-0.15, -0.1) is 0 Å². The predicted octanol–water partition coefficient (Wildman–Crippen LogP) is 1.16. The van der Waals surface area contributed by atoms with Crippen molar-refractivity contribution in [3.63, 3.8) is 0 Å². The zero-order valence-electron chi connectivity index (χ0n) is 8.62. The zero-order valence-corrected chi connectivity index (χ0v) is 8.62. The van der Waals surface area contributed by atoms with Crippen LogP contribution in [-0.4, -0.2) is 22.7 Å². The summed E-state index contributed by atoms with van der Waals surface area (Å²) in [5, 5.41) is 12.0. The highest BCUT2D eigenvalue weighted by molar-refractivity contribution is 5.51. The molecule has 0 spiro atoms. The number of aliphatic hydroxyl groups excluding tert-OH is 1. The Balaban J connectivity index is 2.67. The molecule has 0 radical (unpaired) electrons. The van der Waals surface area contributed by atoms with Gasteiger partial charge in [-0.1, -0.05) is 0 Å². The molecule has 4 heteroatoms. The lowest BCUT2D eigenvalue weighted by Gasteiger charge is -2.14. The van der Waals surface area contributed by atoms with Gasteiger partial charge < -0.3 is 16.2 Å². The quantitative estimate of drug-likeness (QED) is 0.674. The van der Waals surface area contributed by atoms with Gasteiger partial charge in [0.05, 0.1) is 11.9 Å². The van der Waals surface area contributed by atoms with Crippen LogP contribution in [0.5, 0.6) is 0 Å². The van der Waals surface area contributed by atoms with Gasteiger partial charge in [0.15, 0.2) is 0 Å². The molecule has 1 heterocycles. The molecule has 4 nitrogen and oxygen atoms in total. The van der Waals surface area contributed by atoms with E-state index in [0.717, 1.165) is 11.4 Å². The van der Waals surface area contributed by atoms with E-state index < -0.39 is 0 Å². The van der Waals surface area contributed by atoms with Crippen LogP contribution in [0.1, 0.15) is 18.9 Å². The van der Waals surface area contributed by atoms with Crippen LogP contribution in [-0.2, 0) is 0 Å². The number of hydrogen-bond acceptors (Lipinski definition) is 4. The monoisotopic (exact) mass is 195 g/mol. The van der Waals surface area contributed by atoms with Gasteiger partial charge in [0.2, 0.25) is 0 Å². The van der Waals surface area contributed by atoms with Gasteiger partial charge in [0.1, 0.15) is 5.82 Å². The number of nitrogens with one attached hydrogen (secondary N) is 1. The lowest BCUT2D eigenvalue weighted by molar-refractivity contribution is 0.282. The van der Waals surface area contributed by atoms with Crippen molar-refractivity contribution < 1.29 is 5.11 Å². The molecule has 1 aromatic heterocycles. The van der Waals surface area contributed by atoms with Gasteiger partial charge in [-0.25, -0.2) is 4.98 Å². The minimum atomic E-state index is 0.183. The molecule has 0 aliphatic carbocycles. The van der Waals surface area contributed by atoms with Gasteiger partial charge in [-0.2, -0.15) is 0 Å².